The number of hydrogen-bond donors (Lipinski definition) is 4. The van der Waals surface area contributed by atoms with Gasteiger partial charge < -0.3 is 30.7 Å². The molecule has 2 atom stereocenters. The standard InChI is InChI=1S/2C26H34FN5O/c2*1-18(15-33-2)31-20-8-6-19(7-9-20)12-21-13-22(23(27)14-29-21)24-4-3-5-25(32-24)30-17-26(16-28)10-11-26/h2*3-5,13-14,18-20,31H,6-12,15,17H2,1-2H3,(H,30,32)/t2*18-,19?,20?/m10/s1. The molecule has 0 bridgehead atoms. The van der Waals surface area contributed by atoms with E-state index in [1.807, 2.05) is 48.5 Å². The van der Waals surface area contributed by atoms with E-state index >= 15 is 0 Å². The second kappa shape index (κ2) is 23.1. The summed E-state index contributed by atoms with van der Waals surface area (Å²) in [6.45, 7) is 6.92. The minimum Gasteiger partial charge on any atom is -0.383 e. The number of pyridine rings is 4. The fourth-order valence-electron chi connectivity index (χ4n) is 9.48. The lowest BCUT2D eigenvalue weighted by molar-refractivity contribution is 0.158. The van der Waals surface area contributed by atoms with Crippen molar-refractivity contribution in [2.75, 3.05) is 51.2 Å². The predicted molar refractivity (Wildman–Crippen MR) is 254 cm³/mol. The molecule has 0 aromatic carbocycles. The molecular weight excluding hydrogens is 835 g/mol. The van der Waals surface area contributed by atoms with Crippen molar-refractivity contribution in [2.45, 2.75) is 128 Å². The van der Waals surface area contributed by atoms with Gasteiger partial charge in [-0.3, -0.25) is 9.97 Å². The number of nitrogens with one attached hydrogen (secondary N) is 4. The highest BCUT2D eigenvalue weighted by Gasteiger charge is 2.43. The first kappa shape index (κ1) is 48.8. The largest absolute Gasteiger partial charge is 0.383 e. The van der Waals surface area contributed by atoms with E-state index in [0.717, 1.165) is 114 Å². The van der Waals surface area contributed by atoms with Crippen LogP contribution in [0.5, 0.6) is 0 Å². The van der Waals surface area contributed by atoms with Crippen molar-refractivity contribution in [3.63, 3.8) is 0 Å². The third-order valence-electron chi connectivity index (χ3n) is 13.8. The summed E-state index contributed by atoms with van der Waals surface area (Å²) < 4.78 is 39.8. The molecule has 4 aromatic heterocycles. The highest BCUT2D eigenvalue weighted by Crippen LogP contribution is 2.45. The molecule has 4 aliphatic rings. The molecule has 4 aliphatic carbocycles. The molecule has 0 aliphatic heterocycles. The Morgan fingerprint density at radius 3 is 1.38 bits per heavy atom. The normalized spacial score (nSPS) is 22.4. The number of nitriles is 2. The van der Waals surface area contributed by atoms with Crippen molar-refractivity contribution in [3.8, 4) is 34.7 Å². The number of ether oxygens (including phenoxy) is 2. The van der Waals surface area contributed by atoms with Crippen molar-refractivity contribution < 1.29 is 18.3 Å². The van der Waals surface area contributed by atoms with Gasteiger partial charge in [0.25, 0.3) is 0 Å². The number of methoxy groups -OCH3 is 2. The minimum absolute atomic E-state index is 0.261. The Kier molecular flexibility index (Phi) is 17.1. The van der Waals surface area contributed by atoms with Crippen LogP contribution in [0.1, 0.15) is 102 Å². The fourth-order valence-corrected chi connectivity index (χ4v) is 9.48. The highest BCUT2D eigenvalue weighted by atomic mass is 19.1. The Morgan fingerprint density at radius 1 is 0.636 bits per heavy atom. The summed E-state index contributed by atoms with van der Waals surface area (Å²) in [6, 6.07) is 21.4. The second-order valence-corrected chi connectivity index (χ2v) is 19.5. The van der Waals surface area contributed by atoms with Crippen LogP contribution in [0.15, 0.2) is 60.9 Å². The molecule has 4 saturated carbocycles. The first-order valence-corrected chi connectivity index (χ1v) is 24.0. The molecular formula is C52H68F2N10O2. The zero-order chi connectivity index (χ0) is 46.5. The molecule has 4 N–H and O–H groups in total. The molecule has 0 amide bonds. The summed E-state index contributed by atoms with van der Waals surface area (Å²) in [5, 5.41) is 32.3. The second-order valence-electron chi connectivity index (χ2n) is 19.5. The van der Waals surface area contributed by atoms with Gasteiger partial charge in [-0.25, -0.2) is 18.7 Å². The van der Waals surface area contributed by atoms with Gasteiger partial charge in [0.1, 0.15) is 11.6 Å². The van der Waals surface area contributed by atoms with Crippen LogP contribution >= 0.6 is 0 Å². The van der Waals surface area contributed by atoms with Crippen LogP contribution in [0.2, 0.25) is 0 Å². The average Bonchev–Trinajstić information content (AvgIpc) is 4.28. The zero-order valence-corrected chi connectivity index (χ0v) is 39.2. The summed E-state index contributed by atoms with van der Waals surface area (Å²) in [7, 11) is 3.47. The van der Waals surface area contributed by atoms with Crippen LogP contribution in [-0.2, 0) is 22.3 Å². The van der Waals surface area contributed by atoms with Crippen LogP contribution in [0.4, 0.5) is 20.4 Å². The summed E-state index contributed by atoms with van der Waals surface area (Å²) in [4.78, 5) is 18.0. The molecule has 14 heteroatoms. The van der Waals surface area contributed by atoms with E-state index < -0.39 is 0 Å². The summed E-state index contributed by atoms with van der Waals surface area (Å²) in [6.07, 6.45) is 17.2. The maximum absolute atomic E-state index is 14.7. The number of hydrogen-bond acceptors (Lipinski definition) is 12. The SMILES string of the molecule is COC[C@@H](C)NC1CCC(Cc2cc(-c3cccc(NCC4(C#N)CC4)n3)c(F)cn2)CC1.COC[C@H](C)NC1CCC(Cc2cc(-c3cccc(NCC4(C#N)CC4)n3)c(F)cn2)CC1. The maximum atomic E-state index is 14.7. The van der Waals surface area contributed by atoms with Gasteiger partial charge in [-0.15, -0.1) is 0 Å². The molecule has 352 valence electrons. The Morgan fingerprint density at radius 2 is 1.03 bits per heavy atom. The van der Waals surface area contributed by atoms with Gasteiger partial charge in [0.15, 0.2) is 11.6 Å². The van der Waals surface area contributed by atoms with Gasteiger partial charge >= 0.3 is 0 Å². The van der Waals surface area contributed by atoms with Crippen LogP contribution in [-0.4, -0.2) is 84.6 Å². The zero-order valence-electron chi connectivity index (χ0n) is 39.2. The lowest BCUT2D eigenvalue weighted by atomic mass is 9.83. The Balaban J connectivity index is 0.000000196. The van der Waals surface area contributed by atoms with Gasteiger partial charge in [-0.2, -0.15) is 10.5 Å². The smallest absolute Gasteiger partial charge is 0.150 e. The van der Waals surface area contributed by atoms with Gasteiger partial charge in [0.2, 0.25) is 0 Å². The minimum atomic E-state index is -0.362. The van der Waals surface area contributed by atoms with Gasteiger partial charge in [0, 0.05) is 74.0 Å². The maximum Gasteiger partial charge on any atom is 0.150 e. The Bertz CT molecular complexity index is 2120. The van der Waals surface area contributed by atoms with Crippen molar-refractivity contribution in [2.24, 2.45) is 22.7 Å². The Hall–Kier alpha value is -5.12. The molecule has 66 heavy (non-hydrogen) atoms. The van der Waals surface area contributed by atoms with Crippen LogP contribution < -0.4 is 21.3 Å². The molecule has 0 radical (unpaired) electrons. The van der Waals surface area contributed by atoms with E-state index in [0.29, 0.717) is 83.2 Å². The van der Waals surface area contributed by atoms with E-state index in [4.69, 9.17) is 9.47 Å². The topological polar surface area (TPSA) is 166 Å². The van der Waals surface area contributed by atoms with Crippen molar-refractivity contribution in [1.82, 2.24) is 30.6 Å². The molecule has 0 saturated heterocycles. The number of nitrogens with zero attached hydrogens (tertiary/aromatic N) is 6. The molecule has 4 aromatic rings. The summed E-state index contributed by atoms with van der Waals surface area (Å²) in [5.74, 6) is 1.74. The lowest BCUT2D eigenvalue weighted by Crippen LogP contribution is -2.41. The molecule has 4 heterocycles. The van der Waals surface area contributed by atoms with Gasteiger partial charge in [0.05, 0.1) is 60.0 Å². The van der Waals surface area contributed by atoms with E-state index in [-0.39, 0.29) is 22.5 Å². The third-order valence-corrected chi connectivity index (χ3v) is 13.8. The van der Waals surface area contributed by atoms with Crippen molar-refractivity contribution in [3.05, 3.63) is 83.9 Å². The van der Waals surface area contributed by atoms with Crippen LogP contribution in [0.25, 0.3) is 22.5 Å². The first-order chi connectivity index (χ1) is 32.0. The van der Waals surface area contributed by atoms with Gasteiger partial charge in [-0.05, 0) is 152 Å². The van der Waals surface area contributed by atoms with Crippen LogP contribution in [0, 0.1) is 57.0 Å². The van der Waals surface area contributed by atoms with E-state index in [1.165, 1.54) is 12.4 Å². The molecule has 8 rings (SSSR count). The van der Waals surface area contributed by atoms with Gasteiger partial charge in [-0.1, -0.05) is 12.1 Å². The number of anilines is 2. The molecule has 4 fully saturated rings. The van der Waals surface area contributed by atoms with Crippen molar-refractivity contribution >= 4 is 11.6 Å². The van der Waals surface area contributed by atoms with E-state index in [1.54, 1.807) is 14.2 Å². The van der Waals surface area contributed by atoms with E-state index in [2.05, 4.69) is 67.2 Å². The predicted octanol–water partition coefficient (Wildman–Crippen LogP) is 9.45. The molecule has 12 nitrogen and oxygen atoms in total. The third kappa shape index (κ3) is 14.0. The fraction of sp³-hybridized carbons (Fsp3) is 0.577. The lowest BCUT2D eigenvalue weighted by Gasteiger charge is -2.31. The highest BCUT2D eigenvalue weighted by molar-refractivity contribution is 5.63. The number of halogens is 2. The van der Waals surface area contributed by atoms with E-state index in [9.17, 15) is 19.3 Å². The molecule has 0 unspecified atom stereocenters. The van der Waals surface area contributed by atoms with Crippen LogP contribution in [0.3, 0.4) is 0 Å². The summed E-state index contributed by atoms with van der Waals surface area (Å²) >= 11 is 0. The molecule has 0 spiro atoms. The van der Waals surface area contributed by atoms with Crippen molar-refractivity contribution in [1.29, 1.82) is 10.5 Å². The first-order valence-electron chi connectivity index (χ1n) is 24.0. The quantitative estimate of drug-likeness (QED) is 0.0665. The number of aromatic nitrogens is 4. The monoisotopic (exact) mass is 903 g/mol. The Labute approximate surface area is 390 Å². The average molecular weight is 903 g/mol. The number of rotatable bonds is 20. The summed E-state index contributed by atoms with van der Waals surface area (Å²) in [5.41, 5.74) is 3.44.